The first-order valence-electron chi connectivity index (χ1n) is 9.02. The van der Waals surface area contributed by atoms with Crippen LogP contribution in [0.3, 0.4) is 0 Å². The Morgan fingerprint density at radius 1 is 1.26 bits per heavy atom. The van der Waals surface area contributed by atoms with Crippen molar-refractivity contribution in [2.45, 2.75) is 33.2 Å². The summed E-state index contributed by atoms with van der Waals surface area (Å²) in [7, 11) is 1.79. The Morgan fingerprint density at radius 2 is 2.11 bits per heavy atom. The van der Waals surface area contributed by atoms with Gasteiger partial charge in [-0.05, 0) is 59.9 Å². The minimum Gasteiger partial charge on any atom is -0.356 e. The molecule has 0 bridgehead atoms. The lowest BCUT2D eigenvalue weighted by atomic mass is 10.1. The molecule has 3 aromatic heterocycles. The second-order valence-electron chi connectivity index (χ2n) is 6.63. The number of hydrogen-bond donors (Lipinski definition) is 2. The Kier molecular flexibility index (Phi) is 6.24. The molecular weight excluding hydrogens is 356 g/mol. The van der Waals surface area contributed by atoms with Crippen LogP contribution in [0.2, 0.25) is 0 Å². The molecule has 7 heteroatoms. The fraction of sp³-hybridized carbons (Fsp3) is 0.350. The summed E-state index contributed by atoms with van der Waals surface area (Å²) in [5.74, 6) is 2.06. The number of nitrogens with zero attached hydrogens (tertiary/aromatic N) is 4. The van der Waals surface area contributed by atoms with E-state index >= 15 is 0 Å². The Labute approximate surface area is 164 Å². The molecule has 142 valence electrons. The van der Waals surface area contributed by atoms with Crippen molar-refractivity contribution in [3.05, 3.63) is 63.7 Å². The van der Waals surface area contributed by atoms with Crippen molar-refractivity contribution in [3.8, 4) is 5.82 Å². The van der Waals surface area contributed by atoms with Gasteiger partial charge in [-0.2, -0.15) is 16.4 Å². The summed E-state index contributed by atoms with van der Waals surface area (Å²) in [5, 5.41) is 15.5. The lowest BCUT2D eigenvalue weighted by molar-refractivity contribution is 0.700. The first-order chi connectivity index (χ1) is 13.1. The zero-order chi connectivity index (χ0) is 19.2. The molecule has 0 spiro atoms. The standard InChI is InChI=1S/C20H26N6S/c1-14(18-7-8-27-13-18)10-23-20(21-4)24-12-17-5-6-19(22-11-17)26-16(3)9-15(2)25-26/h5-9,11,13-14H,10,12H2,1-4H3,(H2,21,23,24). The third-order valence-corrected chi connectivity index (χ3v) is 5.11. The molecule has 1 unspecified atom stereocenters. The van der Waals surface area contributed by atoms with Crippen LogP contribution < -0.4 is 10.6 Å². The molecule has 0 aromatic carbocycles. The Balaban J connectivity index is 1.53. The second-order valence-corrected chi connectivity index (χ2v) is 7.41. The van der Waals surface area contributed by atoms with E-state index in [2.05, 4.69) is 55.5 Å². The van der Waals surface area contributed by atoms with Crippen LogP contribution >= 0.6 is 11.3 Å². The Hall–Kier alpha value is -2.67. The van der Waals surface area contributed by atoms with Gasteiger partial charge in [0.1, 0.15) is 0 Å². The number of aryl methyl sites for hydroxylation is 2. The molecule has 0 amide bonds. The van der Waals surface area contributed by atoms with Crippen LogP contribution in [0.5, 0.6) is 0 Å². The highest BCUT2D eigenvalue weighted by Gasteiger charge is 2.08. The average Bonchev–Trinajstić information content (AvgIpc) is 3.32. The third kappa shape index (κ3) is 4.95. The molecule has 2 N–H and O–H groups in total. The van der Waals surface area contributed by atoms with Gasteiger partial charge in [0.15, 0.2) is 11.8 Å². The van der Waals surface area contributed by atoms with E-state index in [1.165, 1.54) is 5.56 Å². The van der Waals surface area contributed by atoms with Gasteiger partial charge in [-0.25, -0.2) is 9.67 Å². The monoisotopic (exact) mass is 382 g/mol. The molecule has 3 heterocycles. The zero-order valence-corrected chi connectivity index (χ0v) is 17.0. The maximum Gasteiger partial charge on any atom is 0.191 e. The van der Waals surface area contributed by atoms with Crippen molar-refractivity contribution in [1.82, 2.24) is 25.4 Å². The molecule has 0 aliphatic carbocycles. The van der Waals surface area contributed by atoms with Gasteiger partial charge < -0.3 is 10.6 Å². The molecule has 0 radical (unpaired) electrons. The van der Waals surface area contributed by atoms with E-state index in [9.17, 15) is 0 Å². The number of aromatic nitrogens is 3. The fourth-order valence-electron chi connectivity index (χ4n) is 2.84. The predicted molar refractivity (Wildman–Crippen MR) is 112 cm³/mol. The van der Waals surface area contributed by atoms with Gasteiger partial charge in [0, 0.05) is 32.0 Å². The normalized spacial score (nSPS) is 12.8. The summed E-state index contributed by atoms with van der Waals surface area (Å²) in [6.07, 6.45) is 1.88. The third-order valence-electron chi connectivity index (χ3n) is 4.41. The van der Waals surface area contributed by atoms with Crippen molar-refractivity contribution in [1.29, 1.82) is 0 Å². The van der Waals surface area contributed by atoms with E-state index in [4.69, 9.17) is 0 Å². The predicted octanol–water partition coefficient (Wildman–Crippen LogP) is 3.41. The maximum atomic E-state index is 4.54. The van der Waals surface area contributed by atoms with Gasteiger partial charge in [-0.15, -0.1) is 0 Å². The van der Waals surface area contributed by atoms with E-state index in [0.29, 0.717) is 12.5 Å². The number of guanidine groups is 1. The summed E-state index contributed by atoms with van der Waals surface area (Å²) in [6, 6.07) is 8.27. The first-order valence-corrected chi connectivity index (χ1v) is 9.96. The molecule has 0 aliphatic heterocycles. The minimum absolute atomic E-state index is 0.441. The Bertz CT molecular complexity index is 880. The summed E-state index contributed by atoms with van der Waals surface area (Å²) in [5.41, 5.74) is 4.52. The van der Waals surface area contributed by atoms with Crippen LogP contribution in [0.15, 0.2) is 46.2 Å². The highest BCUT2D eigenvalue weighted by Crippen LogP contribution is 2.17. The Morgan fingerprint density at radius 3 is 2.70 bits per heavy atom. The average molecular weight is 383 g/mol. The van der Waals surface area contributed by atoms with Gasteiger partial charge in [0.05, 0.1) is 5.69 Å². The maximum absolute atomic E-state index is 4.54. The fourth-order valence-corrected chi connectivity index (χ4v) is 3.62. The highest BCUT2D eigenvalue weighted by molar-refractivity contribution is 7.07. The first kappa shape index (κ1) is 19.1. The molecule has 1 atom stereocenters. The van der Waals surface area contributed by atoms with Crippen molar-refractivity contribution in [2.75, 3.05) is 13.6 Å². The van der Waals surface area contributed by atoms with E-state index in [1.54, 1.807) is 18.4 Å². The van der Waals surface area contributed by atoms with Gasteiger partial charge in [-0.1, -0.05) is 13.0 Å². The molecule has 0 saturated carbocycles. The van der Waals surface area contributed by atoms with Gasteiger partial charge in [-0.3, -0.25) is 4.99 Å². The number of aliphatic imine (C=N–C) groups is 1. The summed E-state index contributed by atoms with van der Waals surface area (Å²) >= 11 is 1.73. The number of rotatable bonds is 6. The molecule has 27 heavy (non-hydrogen) atoms. The van der Waals surface area contributed by atoms with Crippen molar-refractivity contribution in [3.63, 3.8) is 0 Å². The molecule has 3 rings (SSSR count). The van der Waals surface area contributed by atoms with Crippen molar-refractivity contribution < 1.29 is 0 Å². The second kappa shape index (κ2) is 8.81. The van der Waals surface area contributed by atoms with Crippen molar-refractivity contribution >= 4 is 17.3 Å². The molecule has 0 fully saturated rings. The summed E-state index contributed by atoms with van der Waals surface area (Å²) in [6.45, 7) is 7.73. The number of thiophene rings is 1. The van der Waals surface area contributed by atoms with E-state index in [1.807, 2.05) is 36.9 Å². The number of pyridine rings is 1. The molecular formula is C20H26N6S. The largest absolute Gasteiger partial charge is 0.356 e. The van der Waals surface area contributed by atoms with Crippen molar-refractivity contribution in [2.24, 2.45) is 4.99 Å². The van der Waals surface area contributed by atoms with Gasteiger partial charge >= 0.3 is 0 Å². The van der Waals surface area contributed by atoms with Gasteiger partial charge in [0.25, 0.3) is 0 Å². The minimum atomic E-state index is 0.441. The highest BCUT2D eigenvalue weighted by atomic mass is 32.1. The number of hydrogen-bond acceptors (Lipinski definition) is 4. The number of nitrogens with one attached hydrogen (secondary N) is 2. The molecule has 0 saturated heterocycles. The SMILES string of the molecule is CN=C(NCc1ccc(-n2nc(C)cc2C)nc1)NCC(C)c1ccsc1. The molecule has 0 aliphatic rings. The van der Waals surface area contributed by atoms with E-state index < -0.39 is 0 Å². The topological polar surface area (TPSA) is 67.1 Å². The van der Waals surface area contributed by atoms with Crippen LogP contribution in [0.25, 0.3) is 5.82 Å². The van der Waals surface area contributed by atoms with Crippen LogP contribution in [-0.4, -0.2) is 34.3 Å². The zero-order valence-electron chi connectivity index (χ0n) is 16.2. The summed E-state index contributed by atoms with van der Waals surface area (Å²) < 4.78 is 1.86. The molecule has 3 aromatic rings. The summed E-state index contributed by atoms with van der Waals surface area (Å²) in [4.78, 5) is 8.83. The quantitative estimate of drug-likeness (QED) is 0.506. The van der Waals surface area contributed by atoms with Crippen LogP contribution in [0, 0.1) is 13.8 Å². The smallest absolute Gasteiger partial charge is 0.191 e. The van der Waals surface area contributed by atoms with Crippen LogP contribution in [0.1, 0.15) is 35.4 Å². The van der Waals surface area contributed by atoms with E-state index in [-0.39, 0.29) is 0 Å². The van der Waals surface area contributed by atoms with Gasteiger partial charge in [0.2, 0.25) is 0 Å². The lowest BCUT2D eigenvalue weighted by Gasteiger charge is -2.15. The van der Waals surface area contributed by atoms with Crippen LogP contribution in [0.4, 0.5) is 0 Å². The lowest BCUT2D eigenvalue weighted by Crippen LogP contribution is -2.38. The van der Waals surface area contributed by atoms with E-state index in [0.717, 1.165) is 35.3 Å². The molecule has 6 nitrogen and oxygen atoms in total. The van der Waals surface area contributed by atoms with Crippen LogP contribution in [-0.2, 0) is 6.54 Å².